The Labute approximate surface area is 108 Å². The van der Waals surface area contributed by atoms with Crippen LogP contribution in [0, 0.1) is 0 Å². The smallest absolute Gasteiger partial charge is 0.410 e. The molecule has 0 spiro atoms. The molecule has 0 bridgehead atoms. The molecule has 1 heterocycles. The highest BCUT2D eigenvalue weighted by Gasteiger charge is 2.30. The van der Waals surface area contributed by atoms with Crippen LogP contribution < -0.4 is 5.73 Å². The molecule has 2 N–H and O–H groups in total. The van der Waals surface area contributed by atoms with Crippen LogP contribution in [-0.2, 0) is 4.74 Å². The highest BCUT2D eigenvalue weighted by Crippen LogP contribution is 2.25. The number of nitrogens with zero attached hydrogens (tertiary/aromatic N) is 1. The normalized spacial score (nSPS) is 21.6. The van der Waals surface area contributed by atoms with E-state index < -0.39 is 0 Å². The first-order valence-corrected chi connectivity index (χ1v) is 6.44. The van der Waals surface area contributed by atoms with E-state index in [0.717, 1.165) is 24.9 Å². The van der Waals surface area contributed by atoms with Crippen LogP contribution in [0.3, 0.4) is 0 Å². The third-order valence-electron chi connectivity index (χ3n) is 3.43. The van der Waals surface area contributed by atoms with Gasteiger partial charge in [0.05, 0.1) is 6.04 Å². The lowest BCUT2D eigenvalue weighted by Gasteiger charge is -2.35. The van der Waals surface area contributed by atoms with Gasteiger partial charge in [-0.25, -0.2) is 4.79 Å². The lowest BCUT2D eigenvalue weighted by molar-refractivity contribution is 0.0110. The van der Waals surface area contributed by atoms with Gasteiger partial charge in [-0.05, 0) is 25.5 Å². The first kappa shape index (κ1) is 12.9. The second kappa shape index (κ2) is 5.87. The highest BCUT2D eigenvalue weighted by atomic mass is 16.6. The first-order valence-electron chi connectivity index (χ1n) is 6.44. The summed E-state index contributed by atoms with van der Waals surface area (Å²) < 4.78 is 5.39. The predicted octanol–water partition coefficient (Wildman–Crippen LogP) is 2.31. The maximum absolute atomic E-state index is 12.0. The predicted molar refractivity (Wildman–Crippen MR) is 70.1 cm³/mol. The number of hydrogen-bond donors (Lipinski definition) is 1. The number of nitrogens with two attached hydrogens (primary N) is 1. The molecule has 0 saturated carbocycles. The fourth-order valence-electron chi connectivity index (χ4n) is 2.30. The summed E-state index contributed by atoms with van der Waals surface area (Å²) in [5.41, 5.74) is 6.62. The molecule has 4 nitrogen and oxygen atoms in total. The van der Waals surface area contributed by atoms with Gasteiger partial charge in [0.1, 0.15) is 6.10 Å². The van der Waals surface area contributed by atoms with Gasteiger partial charge in [0.25, 0.3) is 0 Å². The molecule has 1 aliphatic heterocycles. The number of carbonyl (C=O) groups is 1. The molecule has 1 saturated heterocycles. The summed E-state index contributed by atoms with van der Waals surface area (Å²) in [6, 6.07) is 10.1. The van der Waals surface area contributed by atoms with Gasteiger partial charge >= 0.3 is 6.09 Å². The van der Waals surface area contributed by atoms with Crippen molar-refractivity contribution >= 4 is 6.09 Å². The molecule has 1 aromatic rings. The van der Waals surface area contributed by atoms with Crippen LogP contribution in [-0.4, -0.2) is 30.2 Å². The van der Waals surface area contributed by atoms with E-state index >= 15 is 0 Å². The number of ether oxygens (including phenoxy) is 1. The van der Waals surface area contributed by atoms with Gasteiger partial charge < -0.3 is 15.4 Å². The minimum Gasteiger partial charge on any atom is -0.446 e. The molecular weight excluding hydrogens is 228 g/mol. The Bertz CT molecular complexity index is 394. The lowest BCUT2D eigenvalue weighted by atomic mass is 10.1. The fourth-order valence-corrected chi connectivity index (χ4v) is 2.30. The topological polar surface area (TPSA) is 55.6 Å². The van der Waals surface area contributed by atoms with E-state index in [4.69, 9.17) is 10.5 Å². The summed E-state index contributed by atoms with van der Waals surface area (Å²) in [4.78, 5) is 13.7. The van der Waals surface area contributed by atoms with Crippen molar-refractivity contribution in [2.45, 2.75) is 31.9 Å². The van der Waals surface area contributed by atoms with Crippen LogP contribution in [0.5, 0.6) is 0 Å². The molecule has 0 radical (unpaired) electrons. The Morgan fingerprint density at radius 3 is 2.78 bits per heavy atom. The Kier molecular flexibility index (Phi) is 4.20. The molecule has 1 aromatic carbocycles. The molecule has 0 aliphatic carbocycles. The second-order valence-electron chi connectivity index (χ2n) is 4.65. The summed E-state index contributed by atoms with van der Waals surface area (Å²) >= 11 is 0. The van der Waals surface area contributed by atoms with E-state index in [9.17, 15) is 4.79 Å². The summed E-state index contributed by atoms with van der Waals surface area (Å²) in [6.07, 6.45) is 1.37. The Morgan fingerprint density at radius 2 is 2.17 bits per heavy atom. The standard InChI is InChI=1S/C14H20N2O2/c1-11(12-5-3-2-4-6-12)16-10-8-13(7-9-15)18-14(16)17/h2-6,11,13H,7-10,15H2,1H3. The molecule has 18 heavy (non-hydrogen) atoms. The molecule has 4 heteroatoms. The maximum Gasteiger partial charge on any atom is 0.410 e. The number of amides is 1. The lowest BCUT2D eigenvalue weighted by Crippen LogP contribution is -2.43. The van der Waals surface area contributed by atoms with Gasteiger partial charge in [0.2, 0.25) is 0 Å². The van der Waals surface area contributed by atoms with Crippen molar-refractivity contribution in [2.75, 3.05) is 13.1 Å². The molecule has 2 unspecified atom stereocenters. The minimum absolute atomic E-state index is 0.0123. The SMILES string of the molecule is CC(c1ccccc1)N1CCC(CCN)OC1=O. The quantitative estimate of drug-likeness (QED) is 0.889. The van der Waals surface area contributed by atoms with E-state index in [1.807, 2.05) is 37.3 Å². The van der Waals surface area contributed by atoms with Gasteiger partial charge in [-0.3, -0.25) is 0 Å². The van der Waals surface area contributed by atoms with Crippen molar-refractivity contribution < 1.29 is 9.53 Å². The Hall–Kier alpha value is -1.55. The maximum atomic E-state index is 12.0. The molecular formula is C14H20N2O2. The summed E-state index contributed by atoms with van der Waals surface area (Å²) in [6.45, 7) is 3.32. The zero-order valence-corrected chi connectivity index (χ0v) is 10.7. The number of carbonyl (C=O) groups excluding carboxylic acids is 1. The van der Waals surface area contributed by atoms with Gasteiger partial charge in [-0.2, -0.15) is 0 Å². The van der Waals surface area contributed by atoms with E-state index in [1.54, 1.807) is 4.90 Å². The minimum atomic E-state index is -0.226. The van der Waals surface area contributed by atoms with Crippen LogP contribution in [0.1, 0.15) is 31.4 Å². The monoisotopic (exact) mass is 248 g/mol. The van der Waals surface area contributed by atoms with Gasteiger partial charge in [0, 0.05) is 13.0 Å². The third kappa shape index (κ3) is 2.82. The molecule has 1 aliphatic rings. The largest absolute Gasteiger partial charge is 0.446 e. The van der Waals surface area contributed by atoms with Gasteiger partial charge in [-0.15, -0.1) is 0 Å². The van der Waals surface area contributed by atoms with Crippen molar-refractivity contribution in [3.05, 3.63) is 35.9 Å². The zero-order chi connectivity index (χ0) is 13.0. The van der Waals surface area contributed by atoms with E-state index in [0.29, 0.717) is 6.54 Å². The average Bonchev–Trinajstić information content (AvgIpc) is 2.40. The molecule has 1 fully saturated rings. The first-order chi connectivity index (χ1) is 8.72. The Morgan fingerprint density at radius 1 is 1.44 bits per heavy atom. The third-order valence-corrected chi connectivity index (χ3v) is 3.43. The fraction of sp³-hybridized carbons (Fsp3) is 0.500. The van der Waals surface area contributed by atoms with Gasteiger partial charge in [-0.1, -0.05) is 30.3 Å². The molecule has 1 amide bonds. The number of benzene rings is 1. The number of hydrogen-bond acceptors (Lipinski definition) is 3. The van der Waals surface area contributed by atoms with Crippen molar-refractivity contribution in [2.24, 2.45) is 5.73 Å². The highest BCUT2D eigenvalue weighted by molar-refractivity contribution is 5.69. The second-order valence-corrected chi connectivity index (χ2v) is 4.65. The number of rotatable bonds is 4. The van der Waals surface area contributed by atoms with Crippen molar-refractivity contribution in [3.63, 3.8) is 0 Å². The zero-order valence-electron chi connectivity index (χ0n) is 10.7. The van der Waals surface area contributed by atoms with Crippen LogP contribution in [0.15, 0.2) is 30.3 Å². The van der Waals surface area contributed by atoms with Crippen molar-refractivity contribution in [3.8, 4) is 0 Å². The van der Waals surface area contributed by atoms with Crippen molar-refractivity contribution in [1.29, 1.82) is 0 Å². The summed E-state index contributed by atoms with van der Waals surface area (Å²) in [7, 11) is 0. The molecule has 2 atom stereocenters. The molecule has 0 aromatic heterocycles. The Balaban J connectivity index is 2.00. The van der Waals surface area contributed by atoms with E-state index in [1.165, 1.54) is 0 Å². The van der Waals surface area contributed by atoms with Gasteiger partial charge in [0.15, 0.2) is 0 Å². The van der Waals surface area contributed by atoms with E-state index in [-0.39, 0.29) is 18.2 Å². The average molecular weight is 248 g/mol. The van der Waals surface area contributed by atoms with Crippen LogP contribution in [0.2, 0.25) is 0 Å². The summed E-state index contributed by atoms with van der Waals surface area (Å²) in [5, 5.41) is 0. The number of cyclic esters (lactones) is 1. The van der Waals surface area contributed by atoms with Crippen molar-refractivity contribution in [1.82, 2.24) is 4.90 Å². The molecule has 2 rings (SSSR count). The van der Waals surface area contributed by atoms with E-state index in [2.05, 4.69) is 0 Å². The van der Waals surface area contributed by atoms with Crippen LogP contribution in [0.4, 0.5) is 4.79 Å². The molecule has 98 valence electrons. The van der Waals surface area contributed by atoms with Crippen LogP contribution >= 0.6 is 0 Å². The van der Waals surface area contributed by atoms with Crippen LogP contribution in [0.25, 0.3) is 0 Å². The summed E-state index contributed by atoms with van der Waals surface area (Å²) in [5.74, 6) is 0.